The SMILES string of the molecule is COc1cccc(CN(C)CCNC(=O)C(C)c2ccc(Nc3nc(C(F)(F)F)co3)cc2)c1. The summed E-state index contributed by atoms with van der Waals surface area (Å²) in [5, 5.41) is 5.61. The van der Waals surface area contributed by atoms with Crippen LogP contribution in [0.2, 0.25) is 0 Å². The number of oxazole rings is 1. The number of benzene rings is 2. The third kappa shape index (κ3) is 6.98. The van der Waals surface area contributed by atoms with Crippen LogP contribution < -0.4 is 15.4 Å². The van der Waals surface area contributed by atoms with Gasteiger partial charge < -0.3 is 24.7 Å². The molecule has 3 rings (SSSR count). The number of hydrogen-bond acceptors (Lipinski definition) is 6. The van der Waals surface area contributed by atoms with Crippen molar-refractivity contribution in [3.8, 4) is 5.75 Å². The Hall–Kier alpha value is -3.53. The van der Waals surface area contributed by atoms with Gasteiger partial charge in [-0.1, -0.05) is 24.3 Å². The number of anilines is 2. The maximum atomic E-state index is 12.6. The maximum absolute atomic E-state index is 12.6. The van der Waals surface area contributed by atoms with Crippen LogP contribution in [0.15, 0.2) is 59.2 Å². The van der Waals surface area contributed by atoms with Crippen LogP contribution in [0.3, 0.4) is 0 Å². The Bertz CT molecular complexity index is 1080. The molecule has 0 aliphatic carbocycles. The van der Waals surface area contributed by atoms with Crippen LogP contribution in [0, 0.1) is 0 Å². The van der Waals surface area contributed by atoms with Crippen LogP contribution in [0.5, 0.6) is 5.75 Å². The highest BCUT2D eigenvalue weighted by Crippen LogP contribution is 2.30. The summed E-state index contributed by atoms with van der Waals surface area (Å²) in [5.74, 6) is 0.301. The Morgan fingerprint density at radius 1 is 1.21 bits per heavy atom. The first-order valence-corrected chi connectivity index (χ1v) is 10.6. The summed E-state index contributed by atoms with van der Waals surface area (Å²) in [5.41, 5.74) is 1.28. The number of hydrogen-bond donors (Lipinski definition) is 2. The van der Waals surface area contributed by atoms with Crippen molar-refractivity contribution >= 4 is 17.6 Å². The fraction of sp³-hybridized carbons (Fsp3) is 0.333. The van der Waals surface area contributed by atoms with Gasteiger partial charge in [-0.15, -0.1) is 0 Å². The predicted octanol–water partition coefficient (Wildman–Crippen LogP) is 4.80. The quantitative estimate of drug-likeness (QED) is 0.438. The Labute approximate surface area is 195 Å². The van der Waals surface area contributed by atoms with E-state index in [2.05, 4.69) is 20.5 Å². The van der Waals surface area contributed by atoms with Gasteiger partial charge >= 0.3 is 6.18 Å². The zero-order chi connectivity index (χ0) is 24.7. The third-order valence-electron chi connectivity index (χ3n) is 5.23. The average molecular weight is 476 g/mol. The van der Waals surface area contributed by atoms with Gasteiger partial charge in [0.25, 0.3) is 6.01 Å². The van der Waals surface area contributed by atoms with Gasteiger partial charge in [-0.05, 0) is 49.4 Å². The molecular formula is C24H27F3N4O3. The highest BCUT2D eigenvalue weighted by molar-refractivity contribution is 5.83. The second-order valence-electron chi connectivity index (χ2n) is 7.88. The summed E-state index contributed by atoms with van der Waals surface area (Å²) in [6, 6.07) is 14.3. The van der Waals surface area contributed by atoms with E-state index in [0.29, 0.717) is 25.0 Å². The first-order chi connectivity index (χ1) is 16.2. The number of likely N-dealkylation sites (N-methyl/N-ethyl adjacent to an activating group) is 1. The molecule has 34 heavy (non-hydrogen) atoms. The smallest absolute Gasteiger partial charge is 0.436 e. The number of carbonyl (C=O) groups is 1. The van der Waals surface area contributed by atoms with Gasteiger partial charge in [0, 0.05) is 25.3 Å². The minimum absolute atomic E-state index is 0.113. The molecule has 0 bridgehead atoms. The number of ether oxygens (including phenoxy) is 1. The summed E-state index contributed by atoms with van der Waals surface area (Å²) in [6.07, 6.45) is -4.02. The number of aromatic nitrogens is 1. The van der Waals surface area contributed by atoms with E-state index in [9.17, 15) is 18.0 Å². The standard InChI is InChI=1S/C24H27F3N4O3/c1-16(22(32)28-11-12-31(2)14-17-5-4-6-20(13-17)33-3)18-7-9-19(10-8-18)29-23-30-21(15-34-23)24(25,26)27/h4-10,13,15-16H,11-12,14H2,1-3H3,(H,28,32)(H,29,30). The number of rotatable bonds is 10. The lowest BCUT2D eigenvalue weighted by molar-refractivity contribution is -0.141. The van der Waals surface area contributed by atoms with Gasteiger partial charge in [-0.25, -0.2) is 0 Å². The van der Waals surface area contributed by atoms with Crippen molar-refractivity contribution in [2.45, 2.75) is 25.6 Å². The number of nitrogens with one attached hydrogen (secondary N) is 2. The summed E-state index contributed by atoms with van der Waals surface area (Å²) in [4.78, 5) is 18.0. The number of nitrogens with zero attached hydrogens (tertiary/aromatic N) is 2. The zero-order valence-corrected chi connectivity index (χ0v) is 19.1. The van der Waals surface area contributed by atoms with E-state index in [1.54, 1.807) is 38.3 Å². The Morgan fingerprint density at radius 3 is 2.59 bits per heavy atom. The molecule has 1 unspecified atom stereocenters. The van der Waals surface area contributed by atoms with Crippen molar-refractivity contribution in [1.82, 2.24) is 15.2 Å². The Balaban J connectivity index is 1.46. The molecule has 0 aliphatic rings. The van der Waals surface area contributed by atoms with Crippen LogP contribution >= 0.6 is 0 Å². The van der Waals surface area contributed by atoms with Crippen LogP contribution in [0.25, 0.3) is 0 Å². The van der Waals surface area contributed by atoms with Crippen LogP contribution in [-0.2, 0) is 17.5 Å². The van der Waals surface area contributed by atoms with E-state index >= 15 is 0 Å². The molecule has 2 N–H and O–H groups in total. The fourth-order valence-corrected chi connectivity index (χ4v) is 3.28. The van der Waals surface area contributed by atoms with Crippen molar-refractivity contribution in [1.29, 1.82) is 0 Å². The maximum Gasteiger partial charge on any atom is 0.436 e. The average Bonchev–Trinajstić information content (AvgIpc) is 3.28. The number of halogens is 3. The van der Waals surface area contributed by atoms with Crippen molar-refractivity contribution in [2.24, 2.45) is 0 Å². The highest BCUT2D eigenvalue weighted by atomic mass is 19.4. The summed E-state index contributed by atoms with van der Waals surface area (Å²) < 4.78 is 47.9. The molecule has 1 amide bonds. The lowest BCUT2D eigenvalue weighted by Gasteiger charge is -2.19. The molecule has 0 spiro atoms. The van der Waals surface area contributed by atoms with E-state index in [1.165, 1.54) is 0 Å². The van der Waals surface area contributed by atoms with Crippen LogP contribution in [-0.4, -0.2) is 43.0 Å². The topological polar surface area (TPSA) is 79.6 Å². The first-order valence-electron chi connectivity index (χ1n) is 10.6. The molecule has 1 heterocycles. The van der Waals surface area contributed by atoms with Crippen LogP contribution in [0.4, 0.5) is 24.9 Å². The molecular weight excluding hydrogens is 449 g/mol. The number of alkyl halides is 3. The molecule has 0 fully saturated rings. The van der Waals surface area contributed by atoms with Crippen molar-refractivity contribution in [3.05, 3.63) is 71.6 Å². The first kappa shape index (κ1) is 25.1. The molecule has 1 aromatic heterocycles. The monoisotopic (exact) mass is 476 g/mol. The third-order valence-corrected chi connectivity index (χ3v) is 5.23. The largest absolute Gasteiger partial charge is 0.497 e. The van der Waals surface area contributed by atoms with E-state index in [-0.39, 0.29) is 11.9 Å². The zero-order valence-electron chi connectivity index (χ0n) is 19.1. The molecule has 182 valence electrons. The van der Waals surface area contributed by atoms with Gasteiger partial charge in [-0.2, -0.15) is 18.2 Å². The van der Waals surface area contributed by atoms with Crippen LogP contribution in [0.1, 0.15) is 29.7 Å². The number of amides is 1. The predicted molar refractivity (Wildman–Crippen MR) is 122 cm³/mol. The molecule has 2 aromatic carbocycles. The number of methoxy groups -OCH3 is 1. The highest BCUT2D eigenvalue weighted by Gasteiger charge is 2.34. The molecule has 0 radical (unpaired) electrons. The van der Waals surface area contributed by atoms with Crippen molar-refractivity contribution in [2.75, 3.05) is 32.6 Å². The summed E-state index contributed by atoms with van der Waals surface area (Å²) in [7, 11) is 3.61. The number of carbonyl (C=O) groups excluding carboxylic acids is 1. The normalized spacial score (nSPS) is 12.4. The molecule has 3 aromatic rings. The molecule has 0 saturated heterocycles. The molecule has 1 atom stereocenters. The fourth-order valence-electron chi connectivity index (χ4n) is 3.28. The Morgan fingerprint density at radius 2 is 1.94 bits per heavy atom. The molecule has 7 nitrogen and oxygen atoms in total. The van der Waals surface area contributed by atoms with Crippen molar-refractivity contribution in [3.63, 3.8) is 0 Å². The second-order valence-corrected chi connectivity index (χ2v) is 7.88. The summed E-state index contributed by atoms with van der Waals surface area (Å²) >= 11 is 0. The minimum Gasteiger partial charge on any atom is -0.497 e. The van der Waals surface area contributed by atoms with Gasteiger partial charge in [0.1, 0.15) is 12.0 Å². The van der Waals surface area contributed by atoms with E-state index in [0.717, 1.165) is 23.4 Å². The molecule has 10 heteroatoms. The summed E-state index contributed by atoms with van der Waals surface area (Å²) in [6.45, 7) is 3.69. The van der Waals surface area contributed by atoms with E-state index in [1.807, 2.05) is 31.3 Å². The van der Waals surface area contributed by atoms with E-state index < -0.39 is 17.8 Å². The molecule has 0 aliphatic heterocycles. The lowest BCUT2D eigenvalue weighted by Crippen LogP contribution is -2.35. The van der Waals surface area contributed by atoms with Gasteiger partial charge in [0.2, 0.25) is 5.91 Å². The molecule has 0 saturated carbocycles. The van der Waals surface area contributed by atoms with Gasteiger partial charge in [-0.3, -0.25) is 4.79 Å². The second kappa shape index (κ2) is 11.1. The Kier molecular flexibility index (Phi) is 8.17. The minimum atomic E-state index is -4.57. The lowest BCUT2D eigenvalue weighted by atomic mass is 10.00. The van der Waals surface area contributed by atoms with Crippen molar-refractivity contribution < 1.29 is 27.1 Å². The van der Waals surface area contributed by atoms with Gasteiger partial charge in [0.15, 0.2) is 5.69 Å². The van der Waals surface area contributed by atoms with Gasteiger partial charge in [0.05, 0.1) is 13.0 Å². The van der Waals surface area contributed by atoms with E-state index in [4.69, 9.17) is 9.15 Å².